The molecule has 8 nitrogen and oxygen atoms in total. The second-order valence-corrected chi connectivity index (χ2v) is 4.90. The van der Waals surface area contributed by atoms with Crippen molar-refractivity contribution in [2.75, 3.05) is 26.8 Å². The van der Waals surface area contributed by atoms with Crippen molar-refractivity contribution >= 4 is 11.8 Å². The van der Waals surface area contributed by atoms with Gasteiger partial charge in [-0.2, -0.15) is 4.98 Å². The molecule has 1 aromatic heterocycles. The first-order valence-corrected chi connectivity index (χ1v) is 7.00. The summed E-state index contributed by atoms with van der Waals surface area (Å²) in [5.41, 5.74) is 0. The minimum absolute atomic E-state index is 0.0269. The Hall–Kier alpha value is -1.96. The summed E-state index contributed by atoms with van der Waals surface area (Å²) in [5.74, 6) is 0.486. The van der Waals surface area contributed by atoms with Gasteiger partial charge in [0.2, 0.25) is 17.7 Å². The lowest BCUT2D eigenvalue weighted by Gasteiger charge is -2.13. The first-order chi connectivity index (χ1) is 10.1. The van der Waals surface area contributed by atoms with Crippen molar-refractivity contribution in [1.29, 1.82) is 0 Å². The summed E-state index contributed by atoms with van der Waals surface area (Å²) >= 11 is 0. The van der Waals surface area contributed by atoms with Crippen molar-refractivity contribution in [1.82, 2.24) is 20.4 Å². The third-order valence-corrected chi connectivity index (χ3v) is 3.42. The minimum atomic E-state index is -0.294. The molecule has 21 heavy (non-hydrogen) atoms. The molecule has 2 amide bonds. The van der Waals surface area contributed by atoms with Gasteiger partial charge in [-0.15, -0.1) is 0 Å². The summed E-state index contributed by atoms with van der Waals surface area (Å²) in [5, 5.41) is 6.52. The predicted molar refractivity (Wildman–Crippen MR) is 72.1 cm³/mol. The van der Waals surface area contributed by atoms with Gasteiger partial charge in [0.15, 0.2) is 5.82 Å². The van der Waals surface area contributed by atoms with E-state index in [9.17, 15) is 9.59 Å². The molecule has 0 saturated carbocycles. The number of aromatic nitrogens is 2. The van der Waals surface area contributed by atoms with E-state index in [-0.39, 0.29) is 30.7 Å². The van der Waals surface area contributed by atoms with Gasteiger partial charge in [-0.3, -0.25) is 9.59 Å². The number of rotatable bonds is 7. The number of likely N-dealkylation sites (tertiary alicyclic amines) is 1. The standard InChI is InChI=1S/C13H20N4O4/c1-3-17-8-9(6-12(17)18)13(19)14-7-10-15-11(21-16-10)4-5-20-2/h9H,3-8H2,1-2H3,(H,14,19). The van der Waals surface area contributed by atoms with E-state index in [0.717, 1.165) is 0 Å². The van der Waals surface area contributed by atoms with Crippen LogP contribution in [0.15, 0.2) is 4.52 Å². The number of nitrogens with zero attached hydrogens (tertiary/aromatic N) is 3. The van der Waals surface area contributed by atoms with Gasteiger partial charge in [-0.05, 0) is 6.92 Å². The number of amides is 2. The predicted octanol–water partition coefficient (Wildman–Crippen LogP) is -0.257. The average Bonchev–Trinajstić information content (AvgIpc) is 3.08. The maximum absolute atomic E-state index is 12.0. The number of ether oxygens (including phenoxy) is 1. The second-order valence-electron chi connectivity index (χ2n) is 4.90. The number of carbonyl (C=O) groups excluding carboxylic acids is 2. The lowest BCUT2D eigenvalue weighted by atomic mass is 10.1. The molecule has 2 rings (SSSR count). The van der Waals surface area contributed by atoms with Crippen LogP contribution in [0.25, 0.3) is 0 Å². The minimum Gasteiger partial charge on any atom is -0.384 e. The van der Waals surface area contributed by atoms with E-state index >= 15 is 0 Å². The fourth-order valence-corrected chi connectivity index (χ4v) is 2.22. The van der Waals surface area contributed by atoms with Crippen molar-refractivity contribution in [3.8, 4) is 0 Å². The van der Waals surface area contributed by atoms with E-state index in [1.54, 1.807) is 12.0 Å². The third kappa shape index (κ3) is 4.01. The highest BCUT2D eigenvalue weighted by atomic mass is 16.5. The van der Waals surface area contributed by atoms with Gasteiger partial charge >= 0.3 is 0 Å². The maximum Gasteiger partial charge on any atom is 0.229 e. The number of hydrogen-bond acceptors (Lipinski definition) is 6. The van der Waals surface area contributed by atoms with Gasteiger partial charge in [0.05, 0.1) is 25.5 Å². The monoisotopic (exact) mass is 296 g/mol. The zero-order valence-electron chi connectivity index (χ0n) is 12.3. The van der Waals surface area contributed by atoms with E-state index < -0.39 is 0 Å². The largest absolute Gasteiger partial charge is 0.384 e. The first-order valence-electron chi connectivity index (χ1n) is 7.00. The van der Waals surface area contributed by atoms with Crippen molar-refractivity contribution in [3.05, 3.63) is 11.7 Å². The van der Waals surface area contributed by atoms with Gasteiger partial charge in [0.1, 0.15) is 0 Å². The Morgan fingerprint density at radius 2 is 2.38 bits per heavy atom. The molecule has 8 heteroatoms. The average molecular weight is 296 g/mol. The summed E-state index contributed by atoms with van der Waals surface area (Å²) in [7, 11) is 1.60. The highest BCUT2D eigenvalue weighted by molar-refractivity contribution is 5.89. The molecule has 1 aliphatic rings. The Kier molecular flexibility index (Phi) is 5.26. The Labute approximate surface area is 122 Å². The van der Waals surface area contributed by atoms with Crippen LogP contribution in [0.5, 0.6) is 0 Å². The van der Waals surface area contributed by atoms with Crippen molar-refractivity contribution in [3.63, 3.8) is 0 Å². The molecule has 0 aliphatic carbocycles. The van der Waals surface area contributed by atoms with Crippen LogP contribution in [-0.2, 0) is 27.3 Å². The SMILES string of the molecule is CCN1CC(C(=O)NCc2noc(CCOC)n2)CC1=O. The quantitative estimate of drug-likeness (QED) is 0.744. The molecule has 1 atom stereocenters. The van der Waals surface area contributed by atoms with Crippen LogP contribution in [0.4, 0.5) is 0 Å². The van der Waals surface area contributed by atoms with Gasteiger partial charge < -0.3 is 19.5 Å². The Balaban J connectivity index is 1.79. The molecular weight excluding hydrogens is 276 g/mol. The lowest BCUT2D eigenvalue weighted by molar-refractivity contribution is -0.128. The first kappa shape index (κ1) is 15.4. The molecule has 1 aliphatic heterocycles. The molecule has 0 bridgehead atoms. The second kappa shape index (κ2) is 7.16. The fourth-order valence-electron chi connectivity index (χ4n) is 2.22. The van der Waals surface area contributed by atoms with Crippen LogP contribution in [0.2, 0.25) is 0 Å². The number of nitrogens with one attached hydrogen (secondary N) is 1. The summed E-state index contributed by atoms with van der Waals surface area (Å²) in [4.78, 5) is 29.4. The van der Waals surface area contributed by atoms with Crippen molar-refractivity contribution < 1.29 is 18.8 Å². The molecule has 0 radical (unpaired) electrons. The van der Waals surface area contributed by atoms with Crippen LogP contribution in [0.1, 0.15) is 25.1 Å². The van der Waals surface area contributed by atoms with Gasteiger partial charge in [0.25, 0.3) is 0 Å². The van der Waals surface area contributed by atoms with Crippen LogP contribution < -0.4 is 5.32 Å². The molecule has 1 saturated heterocycles. The molecule has 2 heterocycles. The van der Waals surface area contributed by atoms with Crippen molar-refractivity contribution in [2.45, 2.75) is 26.3 Å². The van der Waals surface area contributed by atoms with Gasteiger partial charge in [0, 0.05) is 26.6 Å². The van der Waals surface area contributed by atoms with Crippen LogP contribution in [0, 0.1) is 5.92 Å². The molecule has 1 fully saturated rings. The zero-order chi connectivity index (χ0) is 15.2. The van der Waals surface area contributed by atoms with Crippen LogP contribution in [0.3, 0.4) is 0 Å². The maximum atomic E-state index is 12.0. The van der Waals surface area contributed by atoms with E-state index in [1.807, 2.05) is 6.92 Å². The van der Waals surface area contributed by atoms with E-state index in [2.05, 4.69) is 15.5 Å². The number of carbonyl (C=O) groups is 2. The Morgan fingerprint density at radius 1 is 1.57 bits per heavy atom. The highest BCUT2D eigenvalue weighted by Crippen LogP contribution is 2.17. The Morgan fingerprint density at radius 3 is 3.05 bits per heavy atom. The fraction of sp³-hybridized carbons (Fsp3) is 0.692. The smallest absolute Gasteiger partial charge is 0.229 e. The normalized spacial score (nSPS) is 18.3. The topological polar surface area (TPSA) is 97.6 Å². The molecule has 0 aromatic carbocycles. The summed E-state index contributed by atoms with van der Waals surface area (Å²) in [6.45, 7) is 3.72. The number of hydrogen-bond donors (Lipinski definition) is 1. The van der Waals surface area contributed by atoms with Crippen LogP contribution >= 0.6 is 0 Å². The number of methoxy groups -OCH3 is 1. The summed E-state index contributed by atoms with van der Waals surface area (Å²) in [6.07, 6.45) is 0.811. The summed E-state index contributed by atoms with van der Waals surface area (Å²) in [6, 6.07) is 0. The van der Waals surface area contributed by atoms with Gasteiger partial charge in [-0.1, -0.05) is 5.16 Å². The van der Waals surface area contributed by atoms with E-state index in [0.29, 0.717) is 37.8 Å². The van der Waals surface area contributed by atoms with Crippen LogP contribution in [-0.4, -0.2) is 53.7 Å². The molecular formula is C13H20N4O4. The molecule has 1 aromatic rings. The third-order valence-electron chi connectivity index (χ3n) is 3.42. The zero-order valence-corrected chi connectivity index (χ0v) is 12.3. The molecule has 116 valence electrons. The molecule has 0 spiro atoms. The van der Waals surface area contributed by atoms with Crippen molar-refractivity contribution in [2.24, 2.45) is 5.92 Å². The lowest BCUT2D eigenvalue weighted by Crippen LogP contribution is -2.32. The molecule has 1 unspecified atom stereocenters. The van der Waals surface area contributed by atoms with E-state index in [1.165, 1.54) is 0 Å². The Bertz CT molecular complexity index is 502. The molecule has 1 N–H and O–H groups in total. The van der Waals surface area contributed by atoms with E-state index in [4.69, 9.17) is 9.26 Å². The van der Waals surface area contributed by atoms with Gasteiger partial charge in [-0.25, -0.2) is 0 Å². The highest BCUT2D eigenvalue weighted by Gasteiger charge is 2.33. The summed E-state index contributed by atoms with van der Waals surface area (Å²) < 4.78 is 9.94.